The van der Waals surface area contributed by atoms with Gasteiger partial charge in [-0.25, -0.2) is 45.1 Å². The zero-order valence-corrected chi connectivity index (χ0v) is 32.0. The van der Waals surface area contributed by atoms with Crippen molar-refractivity contribution in [2.75, 3.05) is 0 Å². The monoisotopic (exact) mass is 820 g/mol. The summed E-state index contributed by atoms with van der Waals surface area (Å²) >= 11 is 0. The van der Waals surface area contributed by atoms with E-state index in [-0.39, 0.29) is 41.7 Å². The molecule has 13 heteroatoms. The molecule has 3 aromatic heterocycles. The van der Waals surface area contributed by atoms with Crippen LogP contribution in [0.1, 0.15) is 22.8 Å². The normalized spacial score (nSPS) is 12.6. The van der Waals surface area contributed by atoms with Crippen molar-refractivity contribution in [3.8, 4) is 44.5 Å². The second-order valence-corrected chi connectivity index (χ2v) is 12.7. The summed E-state index contributed by atoms with van der Waals surface area (Å²) in [5.41, 5.74) is -9.00. The van der Waals surface area contributed by atoms with Crippen molar-refractivity contribution in [3.05, 3.63) is 167 Å². The van der Waals surface area contributed by atoms with E-state index in [1.54, 1.807) is 24.3 Å². The number of rotatable bonds is 4. The molecule has 4 nitrogen and oxygen atoms in total. The summed E-state index contributed by atoms with van der Waals surface area (Å²) in [5.74, 6) is -13.2. The fraction of sp³-hybridized carbons (Fsp3) is 0. The molecule has 8 bridgehead atoms. The number of nitrogens with zero attached hydrogens (tertiary/aromatic N) is 4. The Morgan fingerprint density at radius 3 is 0.684 bits per heavy atom. The Bertz CT molecular complexity index is 2580. The van der Waals surface area contributed by atoms with E-state index in [4.69, 9.17) is 0 Å². The quantitative estimate of drug-likeness (QED) is 0.131. The average molecular weight is 822 g/mol. The first-order valence-electron chi connectivity index (χ1n) is 16.9. The van der Waals surface area contributed by atoms with Crippen molar-refractivity contribution in [1.29, 1.82) is 0 Å². The molecule has 7 aromatic rings. The molecule has 0 fully saturated rings. The second-order valence-electron chi connectivity index (χ2n) is 12.7. The van der Waals surface area contributed by atoms with Crippen LogP contribution in [-0.4, -0.2) is 9.97 Å². The van der Waals surface area contributed by atoms with Gasteiger partial charge in [-0.3, -0.25) is 0 Å². The molecule has 0 unspecified atom stereocenters. The van der Waals surface area contributed by atoms with Gasteiger partial charge in [0.2, 0.25) is 0 Å². The maximum atomic E-state index is 16.5. The van der Waals surface area contributed by atoms with Gasteiger partial charge >= 0.3 is 19.5 Å². The van der Waals surface area contributed by atoms with Crippen LogP contribution in [0.25, 0.3) is 89.9 Å². The topological polar surface area (TPSA) is 54.0 Å². The maximum absolute atomic E-state index is 16.5. The van der Waals surface area contributed by atoms with Crippen LogP contribution in [0.4, 0.5) is 35.1 Å². The largest absolute Gasteiger partial charge is 2.00 e. The Morgan fingerprint density at radius 2 is 0.491 bits per heavy atom. The van der Waals surface area contributed by atoms with Gasteiger partial charge in [0.1, 0.15) is 46.0 Å². The zero-order valence-electron chi connectivity index (χ0n) is 29.1. The fourth-order valence-electron chi connectivity index (χ4n) is 6.96. The van der Waals surface area contributed by atoms with E-state index in [9.17, 15) is 0 Å². The minimum Gasteiger partial charge on any atom is -0.652 e. The Balaban J connectivity index is 0.00000455. The molecule has 5 heterocycles. The van der Waals surface area contributed by atoms with Crippen LogP contribution >= 0.6 is 0 Å². The first kappa shape index (κ1) is 37.5. The molecule has 0 amide bonds. The van der Waals surface area contributed by atoms with Crippen LogP contribution in [0.3, 0.4) is 0 Å². The van der Waals surface area contributed by atoms with Gasteiger partial charge in [-0.2, -0.15) is 0 Å². The van der Waals surface area contributed by atoms with E-state index < -0.39 is 114 Å². The molecule has 2 aliphatic heterocycles. The number of halogens is 8. The third-order valence-corrected chi connectivity index (χ3v) is 9.47. The van der Waals surface area contributed by atoms with E-state index in [0.717, 1.165) is 0 Å². The van der Waals surface area contributed by atoms with Crippen molar-refractivity contribution in [2.45, 2.75) is 0 Å². The Hall–Kier alpha value is -6.46. The number of aromatic nitrogens is 4. The van der Waals surface area contributed by atoms with Gasteiger partial charge in [0, 0.05) is 0 Å². The molecule has 57 heavy (non-hydrogen) atoms. The summed E-state index contributed by atoms with van der Waals surface area (Å²) < 4.78 is 132. The van der Waals surface area contributed by atoms with Crippen molar-refractivity contribution in [2.24, 2.45) is 0 Å². The van der Waals surface area contributed by atoms with Crippen LogP contribution in [0.5, 0.6) is 0 Å². The molecule has 0 atom stereocenters. The number of hydrogen-bond acceptors (Lipinski definition) is 2. The summed E-state index contributed by atoms with van der Waals surface area (Å²) in [4.78, 5) is 16.9. The van der Waals surface area contributed by atoms with Crippen LogP contribution in [0.2, 0.25) is 0 Å². The standard InChI is InChI=1S/C44H20F8N4.Zn/c45-29-31(47)39-26(22-15-7-2-8-16-22)41-33(49)35(51)43(55-41)28(24-19-11-4-12-20-24)44-36(52)34(50)42(56-44)27(23-17-9-3-10-18-23)40-32(48)30(46)38(54-40)25(37(29)53-39)21-13-5-1-6-14-21;/h1-20H;/q-2;+2. The van der Waals surface area contributed by atoms with E-state index in [1.165, 1.54) is 97.1 Å². The third-order valence-electron chi connectivity index (χ3n) is 9.47. The minimum atomic E-state index is -1.65. The van der Waals surface area contributed by atoms with Crippen molar-refractivity contribution < 1.29 is 54.6 Å². The minimum absolute atomic E-state index is 0. The molecule has 0 aliphatic carbocycles. The van der Waals surface area contributed by atoms with Crippen LogP contribution < -0.4 is 9.97 Å². The molecule has 0 saturated carbocycles. The Morgan fingerprint density at radius 1 is 0.298 bits per heavy atom. The van der Waals surface area contributed by atoms with Crippen molar-refractivity contribution in [3.63, 3.8) is 0 Å². The van der Waals surface area contributed by atoms with Crippen LogP contribution in [0.15, 0.2) is 121 Å². The fourth-order valence-corrected chi connectivity index (χ4v) is 6.96. The maximum Gasteiger partial charge on any atom is 2.00 e. The summed E-state index contributed by atoms with van der Waals surface area (Å²) in [7, 11) is 0. The summed E-state index contributed by atoms with van der Waals surface area (Å²) in [6.45, 7) is 0. The molecular weight excluding hydrogens is 802 g/mol. The van der Waals surface area contributed by atoms with Crippen molar-refractivity contribution >= 4 is 45.4 Å². The van der Waals surface area contributed by atoms with Crippen molar-refractivity contribution in [1.82, 2.24) is 19.9 Å². The first-order chi connectivity index (χ1) is 27.2. The van der Waals surface area contributed by atoms with Crippen LogP contribution in [-0.2, 0) is 19.5 Å². The van der Waals surface area contributed by atoms with Gasteiger partial charge in [0.25, 0.3) is 0 Å². The summed E-state index contributed by atoms with van der Waals surface area (Å²) in [5, 5.41) is 0. The molecule has 2 aliphatic rings. The third kappa shape index (κ3) is 5.92. The molecule has 274 valence electrons. The number of benzene rings is 4. The van der Waals surface area contributed by atoms with E-state index >= 15 is 35.1 Å². The SMILES string of the molecule is FC1=C(F)c2nc1c(-c1ccccc1)c1[n-]c(c(F)c1F)c(-c1ccccc1)c1nc(c(-c3ccccc3)c3[n-]c(c(F)c3F)c2-c2ccccc2)C(F)=C1F.[Zn+2]. The molecule has 0 radical (unpaired) electrons. The molecular formula is C44H20F8N4Zn. The summed E-state index contributed by atoms with van der Waals surface area (Å²) in [6, 6.07) is 29.3. The predicted octanol–water partition coefficient (Wildman–Crippen LogP) is 12.3. The Kier molecular flexibility index (Phi) is 9.57. The van der Waals surface area contributed by atoms with E-state index in [1.807, 2.05) is 0 Å². The molecule has 0 spiro atoms. The first-order valence-corrected chi connectivity index (χ1v) is 16.9. The predicted molar refractivity (Wildman–Crippen MR) is 199 cm³/mol. The van der Waals surface area contributed by atoms with Gasteiger partial charge < -0.3 is 9.97 Å². The average Bonchev–Trinajstić information content (AvgIpc) is 3.89. The van der Waals surface area contributed by atoms with Crippen LogP contribution in [0, 0.1) is 23.3 Å². The van der Waals surface area contributed by atoms with E-state index in [0.29, 0.717) is 0 Å². The van der Waals surface area contributed by atoms with Gasteiger partial charge in [-0.05, 0) is 44.5 Å². The molecule has 4 aromatic carbocycles. The molecule has 9 rings (SSSR count). The Labute approximate surface area is 330 Å². The molecule has 0 N–H and O–H groups in total. The smallest absolute Gasteiger partial charge is 0.652 e. The van der Waals surface area contributed by atoms with Gasteiger partial charge in [-0.1, -0.05) is 143 Å². The zero-order chi connectivity index (χ0) is 38.8. The molecule has 0 saturated heterocycles. The second kappa shape index (κ2) is 14.6. The van der Waals surface area contributed by atoms with Gasteiger partial charge in [0.15, 0.2) is 23.3 Å². The van der Waals surface area contributed by atoms with Gasteiger partial charge in [-0.15, -0.1) is 0 Å². The van der Waals surface area contributed by atoms with E-state index in [2.05, 4.69) is 19.9 Å². The van der Waals surface area contributed by atoms with Gasteiger partial charge in [0.05, 0.1) is 0 Å². The summed E-state index contributed by atoms with van der Waals surface area (Å²) in [6.07, 6.45) is 0. The number of hydrogen-bond donors (Lipinski definition) is 0. The number of fused-ring (bicyclic) bond motifs is 8.